The third-order valence-corrected chi connectivity index (χ3v) is 6.86. The lowest BCUT2D eigenvalue weighted by molar-refractivity contribution is 0.0365. The lowest BCUT2D eigenvalue weighted by Gasteiger charge is -2.23. The van der Waals surface area contributed by atoms with E-state index in [1.807, 2.05) is 0 Å². The van der Waals surface area contributed by atoms with Crippen LogP contribution in [-0.2, 0) is 21.9 Å². The Morgan fingerprint density at radius 2 is 1.97 bits per heavy atom. The molecule has 0 saturated heterocycles. The Morgan fingerprint density at radius 1 is 1.22 bits per heavy atom. The summed E-state index contributed by atoms with van der Waals surface area (Å²) in [6.07, 6.45) is 5.85. The molecule has 1 aliphatic carbocycles. The summed E-state index contributed by atoms with van der Waals surface area (Å²) in [6, 6.07) is 6.09. The van der Waals surface area contributed by atoms with E-state index in [9.17, 15) is 13.2 Å². The Hall–Kier alpha value is -3.71. The second-order valence-electron chi connectivity index (χ2n) is 8.50. The molecular formula is C23H28FN7O4S. The number of pyridine rings is 1. The number of halogens is 1. The highest BCUT2D eigenvalue weighted by atomic mass is 32.2. The molecule has 1 aromatic carbocycles. The molecule has 13 heteroatoms. The zero-order valence-corrected chi connectivity index (χ0v) is 21.2. The molecule has 36 heavy (non-hydrogen) atoms. The number of carbonyl (C=O) groups excluding carboxylic acids is 1. The molecule has 1 fully saturated rings. The molecule has 192 valence electrons. The van der Waals surface area contributed by atoms with Crippen LogP contribution in [0, 0.1) is 5.82 Å². The highest BCUT2D eigenvalue weighted by molar-refractivity contribution is 7.92. The van der Waals surface area contributed by atoms with E-state index in [1.165, 1.54) is 19.3 Å². The fraction of sp³-hybridized carbons (Fsp3) is 0.348. The molecular weight excluding hydrogens is 489 g/mol. The van der Waals surface area contributed by atoms with Crippen molar-refractivity contribution in [3.05, 3.63) is 53.6 Å². The number of sulfonamides is 1. The number of aromatic nitrogens is 3. The fourth-order valence-corrected chi connectivity index (χ4v) is 4.09. The summed E-state index contributed by atoms with van der Waals surface area (Å²) in [5, 5.41) is 10.3. The summed E-state index contributed by atoms with van der Waals surface area (Å²) < 4.78 is 42.5. The molecule has 0 spiro atoms. The molecule has 3 aromatic rings. The van der Waals surface area contributed by atoms with Gasteiger partial charge in [-0.05, 0) is 43.4 Å². The zero-order valence-electron chi connectivity index (χ0n) is 20.4. The first-order valence-electron chi connectivity index (χ1n) is 11.3. The number of nitrogens with one attached hydrogen (secondary N) is 3. The number of aryl methyl sites for hydroxylation is 1. The van der Waals surface area contributed by atoms with Crippen LogP contribution in [0.2, 0.25) is 0 Å². The van der Waals surface area contributed by atoms with E-state index >= 15 is 4.39 Å². The molecule has 0 atom stereocenters. The monoisotopic (exact) mass is 517 g/mol. The van der Waals surface area contributed by atoms with Gasteiger partial charge in [0.2, 0.25) is 10.0 Å². The molecule has 4 rings (SSSR count). The van der Waals surface area contributed by atoms with Gasteiger partial charge in [-0.15, -0.1) is 0 Å². The van der Waals surface area contributed by atoms with Crippen molar-refractivity contribution in [2.45, 2.75) is 25.7 Å². The summed E-state index contributed by atoms with van der Waals surface area (Å²) >= 11 is 0. The summed E-state index contributed by atoms with van der Waals surface area (Å²) in [6.45, 7) is 1.97. The molecule has 3 N–H and O–H groups in total. The van der Waals surface area contributed by atoms with Crippen molar-refractivity contribution in [2.75, 3.05) is 34.8 Å². The van der Waals surface area contributed by atoms with Crippen molar-refractivity contribution < 1.29 is 22.4 Å². The van der Waals surface area contributed by atoms with E-state index in [0.717, 1.165) is 23.4 Å². The summed E-state index contributed by atoms with van der Waals surface area (Å²) in [5.41, 5.74) is 3.57. The van der Waals surface area contributed by atoms with Gasteiger partial charge in [0, 0.05) is 38.6 Å². The fourth-order valence-electron chi connectivity index (χ4n) is 3.58. The molecule has 11 nitrogen and oxygen atoms in total. The Bertz CT molecular complexity index is 1390. The first kappa shape index (κ1) is 25.4. The topological polar surface area (TPSA) is 130 Å². The van der Waals surface area contributed by atoms with Gasteiger partial charge in [-0.1, -0.05) is 0 Å². The van der Waals surface area contributed by atoms with E-state index in [0.29, 0.717) is 17.2 Å². The van der Waals surface area contributed by atoms with Gasteiger partial charge in [-0.3, -0.25) is 18.6 Å². The van der Waals surface area contributed by atoms with Crippen LogP contribution < -0.4 is 20.4 Å². The predicted molar refractivity (Wildman–Crippen MR) is 135 cm³/mol. The molecule has 1 amide bonds. The first-order chi connectivity index (χ1) is 17.1. The summed E-state index contributed by atoms with van der Waals surface area (Å²) in [7, 11) is -0.487. The van der Waals surface area contributed by atoms with Gasteiger partial charge in [-0.2, -0.15) is 5.10 Å². The lowest BCUT2D eigenvalue weighted by atomic mass is 10.1. The lowest BCUT2D eigenvalue weighted by Crippen LogP contribution is -2.26. The summed E-state index contributed by atoms with van der Waals surface area (Å²) in [4.78, 5) is 22.1. The van der Waals surface area contributed by atoms with E-state index in [2.05, 4.69) is 26.2 Å². The molecule has 0 bridgehead atoms. The van der Waals surface area contributed by atoms with Crippen LogP contribution in [0.15, 0.2) is 36.7 Å². The molecule has 0 aliphatic heterocycles. The average Bonchev–Trinajstić information content (AvgIpc) is 3.58. The van der Waals surface area contributed by atoms with Crippen molar-refractivity contribution in [3.63, 3.8) is 0 Å². The van der Waals surface area contributed by atoms with Crippen LogP contribution in [0.1, 0.15) is 41.6 Å². The van der Waals surface area contributed by atoms with Crippen molar-refractivity contribution in [3.8, 4) is 0 Å². The maximum Gasteiger partial charge on any atom is 0.278 e. The number of hydroxylamine groups is 1. The largest absolute Gasteiger partial charge is 0.353 e. The smallest absolute Gasteiger partial charge is 0.278 e. The number of carbonyl (C=O) groups is 1. The minimum Gasteiger partial charge on any atom is -0.353 e. The van der Waals surface area contributed by atoms with Crippen LogP contribution in [0.25, 0.3) is 0 Å². The van der Waals surface area contributed by atoms with Crippen molar-refractivity contribution in [1.82, 2.24) is 20.2 Å². The highest BCUT2D eigenvalue weighted by Crippen LogP contribution is 2.45. The number of hydrogen-bond donors (Lipinski definition) is 3. The van der Waals surface area contributed by atoms with Crippen molar-refractivity contribution in [1.29, 1.82) is 0 Å². The minimum atomic E-state index is -3.65. The highest BCUT2D eigenvalue weighted by Gasteiger charge is 2.29. The van der Waals surface area contributed by atoms with Crippen molar-refractivity contribution in [2.24, 2.45) is 7.05 Å². The standard InChI is InChI=1S/C23H28FN7O4S/c1-5-35-29-23(32)16-13-25-22(27-21-8-9-30(2)28-21)12-18(16)26-19-11-17(24)15(14-6-7-14)10-20(19)31(3)36(4,33)34/h8-14H,5-7H2,1-4H3,(H,29,32)(H2,25,26,27,28). The number of amides is 1. The van der Waals surface area contributed by atoms with Gasteiger partial charge in [0.1, 0.15) is 11.6 Å². The Morgan fingerprint density at radius 3 is 2.58 bits per heavy atom. The minimum absolute atomic E-state index is 0.0633. The average molecular weight is 518 g/mol. The first-order valence-corrected chi connectivity index (χ1v) is 13.1. The van der Waals surface area contributed by atoms with Crippen LogP contribution in [0.4, 0.5) is 33.1 Å². The van der Waals surface area contributed by atoms with Crippen LogP contribution in [-0.4, -0.2) is 49.0 Å². The number of hydrogen-bond acceptors (Lipinski definition) is 8. The zero-order chi connectivity index (χ0) is 26.0. The van der Waals surface area contributed by atoms with E-state index in [4.69, 9.17) is 4.84 Å². The molecule has 0 radical (unpaired) electrons. The Kier molecular flexibility index (Phi) is 7.13. The second-order valence-corrected chi connectivity index (χ2v) is 10.5. The molecule has 2 heterocycles. The quantitative estimate of drug-likeness (QED) is 0.349. The van der Waals surface area contributed by atoms with Crippen LogP contribution in [0.3, 0.4) is 0 Å². The molecule has 1 aliphatic rings. The predicted octanol–water partition coefficient (Wildman–Crippen LogP) is 3.40. The van der Waals surface area contributed by atoms with Gasteiger partial charge in [0.05, 0.1) is 35.5 Å². The third-order valence-electron chi connectivity index (χ3n) is 5.67. The van der Waals surface area contributed by atoms with Crippen LogP contribution in [0.5, 0.6) is 0 Å². The van der Waals surface area contributed by atoms with Gasteiger partial charge in [-0.25, -0.2) is 23.3 Å². The SMILES string of the molecule is CCONC(=O)c1cnc(Nc2ccn(C)n2)cc1Nc1cc(F)c(C2CC2)cc1N(C)S(C)(=O)=O. The number of benzene rings is 1. The third kappa shape index (κ3) is 5.74. The van der Waals surface area contributed by atoms with Gasteiger partial charge in [0.25, 0.3) is 5.91 Å². The maximum absolute atomic E-state index is 15.0. The maximum atomic E-state index is 15.0. The van der Waals surface area contributed by atoms with Gasteiger partial charge >= 0.3 is 0 Å². The number of rotatable bonds is 10. The number of nitrogens with zero attached hydrogens (tertiary/aromatic N) is 4. The van der Waals surface area contributed by atoms with E-state index in [-0.39, 0.29) is 35.2 Å². The van der Waals surface area contributed by atoms with Gasteiger partial charge in [0.15, 0.2) is 5.82 Å². The van der Waals surface area contributed by atoms with E-state index < -0.39 is 21.7 Å². The Labute approximate surface area is 208 Å². The van der Waals surface area contributed by atoms with E-state index in [1.54, 1.807) is 43.0 Å². The van der Waals surface area contributed by atoms with Gasteiger partial charge < -0.3 is 10.6 Å². The Balaban J connectivity index is 1.77. The van der Waals surface area contributed by atoms with Crippen molar-refractivity contribution >= 4 is 44.6 Å². The summed E-state index contributed by atoms with van der Waals surface area (Å²) in [5.74, 6) is -0.0818. The van der Waals surface area contributed by atoms with Crippen LogP contribution >= 0.6 is 0 Å². The molecule has 0 unspecified atom stereocenters. The molecule has 1 saturated carbocycles. The molecule has 2 aromatic heterocycles. The second kappa shape index (κ2) is 10.1. The number of anilines is 5. The normalized spacial score (nSPS) is 13.4.